The first-order valence-corrected chi connectivity index (χ1v) is 10.8. The lowest BCUT2D eigenvalue weighted by molar-refractivity contribution is 1.73. The van der Waals surface area contributed by atoms with Crippen LogP contribution < -0.4 is 15.9 Å². The highest BCUT2D eigenvalue weighted by atomic mass is 35.5. The fourth-order valence-corrected chi connectivity index (χ4v) is 8.74. The van der Waals surface area contributed by atoms with Crippen molar-refractivity contribution >= 4 is 68.6 Å². The van der Waals surface area contributed by atoms with E-state index >= 15 is 0 Å². The smallest absolute Gasteiger partial charge is 0.0496 e. The van der Waals surface area contributed by atoms with Crippen molar-refractivity contribution in [2.24, 2.45) is 0 Å². The number of rotatable bonds is 3. The zero-order chi connectivity index (χ0) is 16.4. The summed E-state index contributed by atoms with van der Waals surface area (Å²) in [7, 11) is 0. The van der Waals surface area contributed by atoms with Crippen molar-refractivity contribution in [2.75, 3.05) is 0 Å². The van der Waals surface area contributed by atoms with Crippen LogP contribution in [-0.2, 0) is 11.8 Å². The summed E-state index contributed by atoms with van der Waals surface area (Å²) in [4.78, 5) is 0. The molecule has 0 aliphatic heterocycles. The standard InChI is InChI=1S/C18H12Cl3PS/c19-13-7-1-4-10-16(13)22(23,17-11-5-2-8-14(17)20)18-12-6-3-9-15(18)21/h1-12H. The normalized spacial score (nSPS) is 11.4. The van der Waals surface area contributed by atoms with Crippen molar-refractivity contribution in [1.29, 1.82) is 0 Å². The molecule has 0 aliphatic rings. The van der Waals surface area contributed by atoms with Gasteiger partial charge in [0.25, 0.3) is 0 Å². The Bertz CT molecular complexity index is 790. The van der Waals surface area contributed by atoms with Gasteiger partial charge in [0.05, 0.1) is 0 Å². The van der Waals surface area contributed by atoms with Gasteiger partial charge >= 0.3 is 0 Å². The lowest BCUT2D eigenvalue weighted by Gasteiger charge is -2.26. The first kappa shape index (κ1) is 17.0. The summed E-state index contributed by atoms with van der Waals surface area (Å²) in [5, 5.41) is 4.61. The molecule has 0 fully saturated rings. The Labute approximate surface area is 156 Å². The van der Waals surface area contributed by atoms with Crippen LogP contribution in [0.5, 0.6) is 0 Å². The van der Waals surface area contributed by atoms with E-state index in [0.717, 1.165) is 15.9 Å². The van der Waals surface area contributed by atoms with Crippen LogP contribution in [0.2, 0.25) is 15.1 Å². The van der Waals surface area contributed by atoms with Crippen LogP contribution in [-0.4, -0.2) is 0 Å². The van der Waals surface area contributed by atoms with Crippen LogP contribution in [0.15, 0.2) is 72.8 Å². The van der Waals surface area contributed by atoms with Gasteiger partial charge in [-0.1, -0.05) is 101 Å². The van der Waals surface area contributed by atoms with Crippen LogP contribution in [0.4, 0.5) is 0 Å². The van der Waals surface area contributed by atoms with Gasteiger partial charge in [-0.15, -0.1) is 0 Å². The van der Waals surface area contributed by atoms with Gasteiger partial charge in [-0.3, -0.25) is 0 Å². The molecule has 0 nitrogen and oxygen atoms in total. The fourth-order valence-electron chi connectivity index (χ4n) is 2.51. The summed E-state index contributed by atoms with van der Waals surface area (Å²) in [5.41, 5.74) is 0. The molecule has 0 aromatic heterocycles. The van der Waals surface area contributed by atoms with Crippen molar-refractivity contribution in [1.82, 2.24) is 0 Å². The molecule has 0 amide bonds. The summed E-state index contributed by atoms with van der Waals surface area (Å²) in [6.45, 7) is 0. The molecule has 0 spiro atoms. The summed E-state index contributed by atoms with van der Waals surface area (Å²) < 4.78 is 0. The van der Waals surface area contributed by atoms with E-state index in [4.69, 9.17) is 46.6 Å². The van der Waals surface area contributed by atoms with Gasteiger partial charge in [0.15, 0.2) is 0 Å². The molecule has 0 aliphatic carbocycles. The van der Waals surface area contributed by atoms with E-state index in [0.29, 0.717) is 15.1 Å². The van der Waals surface area contributed by atoms with E-state index in [1.807, 2.05) is 72.8 Å². The quantitative estimate of drug-likeness (QED) is 0.533. The van der Waals surface area contributed by atoms with Crippen molar-refractivity contribution in [3.05, 3.63) is 87.9 Å². The van der Waals surface area contributed by atoms with Crippen LogP contribution in [0.3, 0.4) is 0 Å². The van der Waals surface area contributed by atoms with E-state index in [-0.39, 0.29) is 0 Å². The SMILES string of the molecule is S=P(c1ccccc1Cl)(c1ccccc1Cl)c1ccccc1Cl. The number of benzene rings is 3. The van der Waals surface area contributed by atoms with Gasteiger partial charge in [-0.2, -0.15) is 0 Å². The van der Waals surface area contributed by atoms with Crippen molar-refractivity contribution in [2.45, 2.75) is 0 Å². The molecule has 23 heavy (non-hydrogen) atoms. The molecule has 0 heterocycles. The molecular weight excluding hydrogens is 386 g/mol. The molecule has 0 saturated carbocycles. The average Bonchev–Trinajstić information content (AvgIpc) is 2.55. The van der Waals surface area contributed by atoms with Crippen molar-refractivity contribution in [3.8, 4) is 0 Å². The van der Waals surface area contributed by atoms with Crippen molar-refractivity contribution < 1.29 is 0 Å². The Hall–Kier alpha value is -0.820. The van der Waals surface area contributed by atoms with Gasteiger partial charge in [0.1, 0.15) is 0 Å². The molecule has 3 aromatic rings. The van der Waals surface area contributed by atoms with Crippen LogP contribution in [0.25, 0.3) is 0 Å². The minimum Gasteiger partial charge on any atom is -0.0836 e. The Morgan fingerprint density at radius 2 is 0.783 bits per heavy atom. The third kappa shape index (κ3) is 3.09. The van der Waals surface area contributed by atoms with Crippen LogP contribution in [0, 0.1) is 0 Å². The predicted molar refractivity (Wildman–Crippen MR) is 108 cm³/mol. The maximum absolute atomic E-state index is 6.49. The minimum atomic E-state index is -2.45. The summed E-state index contributed by atoms with van der Waals surface area (Å²) in [5.74, 6) is 0. The maximum Gasteiger partial charge on any atom is 0.0496 e. The molecule has 0 unspecified atom stereocenters. The molecule has 3 aromatic carbocycles. The molecule has 5 heteroatoms. The molecular formula is C18H12Cl3PS. The van der Waals surface area contributed by atoms with E-state index in [2.05, 4.69) is 0 Å². The largest absolute Gasteiger partial charge is 0.0836 e. The minimum absolute atomic E-state index is 0.635. The summed E-state index contributed by atoms with van der Waals surface area (Å²) in [6.07, 6.45) is 0. The zero-order valence-electron chi connectivity index (χ0n) is 11.9. The van der Waals surface area contributed by atoms with Gasteiger partial charge in [-0.05, 0) is 18.2 Å². The molecule has 0 radical (unpaired) electrons. The first-order valence-electron chi connectivity index (χ1n) is 6.90. The summed E-state index contributed by atoms with van der Waals surface area (Å²) >= 11 is 25.7. The number of hydrogen-bond donors (Lipinski definition) is 0. The monoisotopic (exact) mass is 396 g/mol. The number of hydrogen-bond acceptors (Lipinski definition) is 1. The third-order valence-electron chi connectivity index (χ3n) is 3.58. The van der Waals surface area contributed by atoms with Crippen LogP contribution in [0.1, 0.15) is 0 Å². The molecule has 3 rings (SSSR count). The van der Waals surface area contributed by atoms with E-state index in [1.165, 1.54) is 0 Å². The first-order chi connectivity index (χ1) is 11.0. The molecule has 116 valence electrons. The van der Waals surface area contributed by atoms with Gasteiger partial charge < -0.3 is 0 Å². The second-order valence-corrected chi connectivity index (χ2v) is 10.5. The molecule has 0 bridgehead atoms. The van der Waals surface area contributed by atoms with E-state index in [1.54, 1.807) is 0 Å². The highest BCUT2D eigenvalue weighted by Gasteiger charge is 2.30. The van der Waals surface area contributed by atoms with Crippen molar-refractivity contribution in [3.63, 3.8) is 0 Å². The molecule has 0 N–H and O–H groups in total. The highest BCUT2D eigenvalue weighted by Crippen LogP contribution is 2.48. The fraction of sp³-hybridized carbons (Fsp3) is 0. The second-order valence-electron chi connectivity index (χ2n) is 4.96. The summed E-state index contributed by atoms with van der Waals surface area (Å²) in [6, 6.07) is 20.5. The zero-order valence-corrected chi connectivity index (χ0v) is 15.9. The molecule has 0 atom stereocenters. The maximum atomic E-state index is 6.49. The average molecular weight is 398 g/mol. The Morgan fingerprint density at radius 1 is 0.522 bits per heavy atom. The highest BCUT2D eigenvalue weighted by molar-refractivity contribution is 8.25. The second kappa shape index (κ2) is 6.97. The molecule has 0 saturated heterocycles. The third-order valence-corrected chi connectivity index (χ3v) is 9.93. The Kier molecular flexibility index (Phi) is 5.16. The Balaban J connectivity index is 2.41. The predicted octanol–water partition coefficient (Wildman–Crippen LogP) is 5.40. The topological polar surface area (TPSA) is 0 Å². The van der Waals surface area contributed by atoms with Crippen LogP contribution >= 0.6 is 40.8 Å². The van der Waals surface area contributed by atoms with Gasteiger partial charge in [0.2, 0.25) is 0 Å². The van der Waals surface area contributed by atoms with Gasteiger partial charge in [0, 0.05) is 37.0 Å². The van der Waals surface area contributed by atoms with E-state index in [9.17, 15) is 0 Å². The number of halogens is 3. The Morgan fingerprint density at radius 3 is 1.04 bits per heavy atom. The lowest BCUT2D eigenvalue weighted by Crippen LogP contribution is -2.26. The van der Waals surface area contributed by atoms with E-state index < -0.39 is 6.04 Å². The lowest BCUT2D eigenvalue weighted by atomic mass is 10.3. The van der Waals surface area contributed by atoms with Gasteiger partial charge in [-0.25, -0.2) is 0 Å².